The molecule has 0 bridgehead atoms. The van der Waals surface area contributed by atoms with Crippen molar-refractivity contribution >= 4 is 0 Å². The molecule has 0 amide bonds. The molecule has 2 nitrogen and oxygen atoms in total. The van der Waals surface area contributed by atoms with Crippen molar-refractivity contribution in [1.82, 2.24) is 4.90 Å². The van der Waals surface area contributed by atoms with Gasteiger partial charge in [0.15, 0.2) is 0 Å². The molecule has 0 heterocycles. The molecule has 0 saturated carbocycles. The first-order chi connectivity index (χ1) is 8.13. The Labute approximate surface area is 105 Å². The molecular formula is C15H25NO. The quantitative estimate of drug-likeness (QED) is 0.727. The van der Waals surface area contributed by atoms with Crippen LogP contribution in [0.5, 0.6) is 5.75 Å². The maximum Gasteiger partial charge on any atom is 0.115 e. The van der Waals surface area contributed by atoms with E-state index in [0.29, 0.717) is 11.8 Å². The fourth-order valence-corrected chi connectivity index (χ4v) is 1.97. The fourth-order valence-electron chi connectivity index (χ4n) is 1.97. The topological polar surface area (TPSA) is 23.5 Å². The van der Waals surface area contributed by atoms with Crippen LogP contribution < -0.4 is 0 Å². The van der Waals surface area contributed by atoms with Gasteiger partial charge in [-0.25, -0.2) is 0 Å². The summed E-state index contributed by atoms with van der Waals surface area (Å²) in [7, 11) is 0. The van der Waals surface area contributed by atoms with Crippen LogP contribution in [0.1, 0.15) is 45.6 Å². The molecule has 0 atom stereocenters. The molecule has 1 aromatic rings. The second-order valence-corrected chi connectivity index (χ2v) is 4.94. The van der Waals surface area contributed by atoms with Crippen LogP contribution in [0, 0.1) is 0 Å². The van der Waals surface area contributed by atoms with Gasteiger partial charge in [-0.05, 0) is 44.5 Å². The number of unbranched alkanes of at least 4 members (excludes halogenated alkanes) is 2. The zero-order valence-corrected chi connectivity index (χ0v) is 11.3. The summed E-state index contributed by atoms with van der Waals surface area (Å²) in [6, 6.07) is 8.12. The van der Waals surface area contributed by atoms with Crippen molar-refractivity contribution in [2.24, 2.45) is 0 Å². The Bertz CT molecular complexity index is 322. The standard InChI is InChI=1S/C15H25NO/c1-4-5-6-10-16(13(2)3)12-14-8-7-9-15(17)11-14/h7-9,11,13,17H,4-6,10,12H2,1-3H3. The van der Waals surface area contributed by atoms with E-state index in [1.807, 2.05) is 12.1 Å². The smallest absolute Gasteiger partial charge is 0.115 e. The third-order valence-electron chi connectivity index (χ3n) is 3.08. The van der Waals surface area contributed by atoms with Crippen molar-refractivity contribution in [3.8, 4) is 5.75 Å². The summed E-state index contributed by atoms with van der Waals surface area (Å²) in [5, 5.41) is 9.46. The first kappa shape index (κ1) is 14.0. The summed E-state index contributed by atoms with van der Waals surface area (Å²) in [4.78, 5) is 2.46. The van der Waals surface area contributed by atoms with E-state index in [0.717, 1.165) is 13.1 Å². The Morgan fingerprint density at radius 3 is 2.59 bits per heavy atom. The van der Waals surface area contributed by atoms with Crippen molar-refractivity contribution < 1.29 is 5.11 Å². The van der Waals surface area contributed by atoms with Gasteiger partial charge in [0.05, 0.1) is 0 Å². The molecule has 1 rings (SSSR count). The van der Waals surface area contributed by atoms with E-state index in [-0.39, 0.29) is 0 Å². The molecule has 0 saturated heterocycles. The van der Waals surface area contributed by atoms with Gasteiger partial charge < -0.3 is 5.11 Å². The van der Waals surface area contributed by atoms with Crippen LogP contribution in [0.4, 0.5) is 0 Å². The molecule has 0 aromatic heterocycles. The number of rotatable bonds is 7. The molecule has 0 fully saturated rings. The highest BCUT2D eigenvalue weighted by molar-refractivity contribution is 5.27. The third-order valence-corrected chi connectivity index (χ3v) is 3.08. The van der Waals surface area contributed by atoms with Crippen LogP contribution in [-0.4, -0.2) is 22.6 Å². The lowest BCUT2D eigenvalue weighted by molar-refractivity contribution is 0.208. The SMILES string of the molecule is CCCCCN(Cc1cccc(O)c1)C(C)C. The van der Waals surface area contributed by atoms with Crippen LogP contribution in [0.15, 0.2) is 24.3 Å². The molecule has 0 spiro atoms. The van der Waals surface area contributed by atoms with E-state index in [9.17, 15) is 5.11 Å². The third kappa shape index (κ3) is 5.22. The zero-order chi connectivity index (χ0) is 12.7. The normalized spacial score (nSPS) is 11.4. The van der Waals surface area contributed by atoms with Crippen molar-refractivity contribution in [2.75, 3.05) is 6.54 Å². The average molecular weight is 235 g/mol. The number of phenolic OH excluding ortho intramolecular Hbond substituents is 1. The molecule has 0 radical (unpaired) electrons. The summed E-state index contributed by atoms with van der Waals surface area (Å²) < 4.78 is 0. The van der Waals surface area contributed by atoms with E-state index in [4.69, 9.17) is 0 Å². The van der Waals surface area contributed by atoms with Crippen LogP contribution in [0.2, 0.25) is 0 Å². The van der Waals surface area contributed by atoms with Crippen molar-refractivity contribution in [1.29, 1.82) is 0 Å². The lowest BCUT2D eigenvalue weighted by Crippen LogP contribution is -2.31. The summed E-state index contributed by atoms with van der Waals surface area (Å²) in [6.45, 7) is 8.76. The Balaban J connectivity index is 2.54. The maximum absolute atomic E-state index is 9.46. The second kappa shape index (κ2) is 7.33. The van der Waals surface area contributed by atoms with E-state index in [1.165, 1.54) is 24.8 Å². The van der Waals surface area contributed by atoms with E-state index < -0.39 is 0 Å². The lowest BCUT2D eigenvalue weighted by Gasteiger charge is -2.26. The van der Waals surface area contributed by atoms with Gasteiger partial charge in [0.25, 0.3) is 0 Å². The van der Waals surface area contributed by atoms with Gasteiger partial charge in [0, 0.05) is 12.6 Å². The largest absolute Gasteiger partial charge is 0.508 e. The van der Waals surface area contributed by atoms with Crippen LogP contribution in [-0.2, 0) is 6.54 Å². The van der Waals surface area contributed by atoms with Gasteiger partial charge >= 0.3 is 0 Å². The first-order valence-corrected chi connectivity index (χ1v) is 6.65. The van der Waals surface area contributed by atoms with Crippen molar-refractivity contribution in [2.45, 2.75) is 52.6 Å². The number of benzene rings is 1. The summed E-state index contributed by atoms with van der Waals surface area (Å²) in [5.41, 5.74) is 1.19. The summed E-state index contributed by atoms with van der Waals surface area (Å²) in [6.07, 6.45) is 3.81. The van der Waals surface area contributed by atoms with Gasteiger partial charge in [-0.2, -0.15) is 0 Å². The molecule has 2 heteroatoms. The minimum absolute atomic E-state index is 0.361. The number of nitrogens with zero attached hydrogens (tertiary/aromatic N) is 1. The zero-order valence-electron chi connectivity index (χ0n) is 11.3. The average Bonchev–Trinajstić information content (AvgIpc) is 2.28. The molecule has 0 unspecified atom stereocenters. The minimum atomic E-state index is 0.361. The Hall–Kier alpha value is -1.02. The van der Waals surface area contributed by atoms with Gasteiger partial charge in [-0.15, -0.1) is 0 Å². The van der Waals surface area contributed by atoms with Crippen LogP contribution in [0.25, 0.3) is 0 Å². The fraction of sp³-hybridized carbons (Fsp3) is 0.600. The monoisotopic (exact) mass is 235 g/mol. The number of hydrogen-bond donors (Lipinski definition) is 1. The molecule has 1 N–H and O–H groups in total. The number of aromatic hydroxyl groups is 1. The lowest BCUT2D eigenvalue weighted by atomic mass is 10.1. The molecule has 96 valence electrons. The number of hydrogen-bond acceptors (Lipinski definition) is 2. The second-order valence-electron chi connectivity index (χ2n) is 4.94. The molecule has 17 heavy (non-hydrogen) atoms. The van der Waals surface area contributed by atoms with E-state index >= 15 is 0 Å². The molecule has 0 aliphatic heterocycles. The molecule has 0 aliphatic carbocycles. The van der Waals surface area contributed by atoms with Crippen molar-refractivity contribution in [3.63, 3.8) is 0 Å². The Morgan fingerprint density at radius 1 is 1.24 bits per heavy atom. The molecule has 0 aliphatic rings. The predicted octanol–water partition coefficient (Wildman–Crippen LogP) is 3.79. The molecule has 1 aromatic carbocycles. The predicted molar refractivity (Wildman–Crippen MR) is 73.2 cm³/mol. The molecular weight excluding hydrogens is 210 g/mol. The van der Waals surface area contributed by atoms with E-state index in [2.05, 4.69) is 31.7 Å². The van der Waals surface area contributed by atoms with Gasteiger partial charge in [-0.3, -0.25) is 4.90 Å². The highest BCUT2D eigenvalue weighted by Gasteiger charge is 2.09. The van der Waals surface area contributed by atoms with Crippen LogP contribution in [0.3, 0.4) is 0 Å². The summed E-state index contributed by atoms with van der Waals surface area (Å²) >= 11 is 0. The van der Waals surface area contributed by atoms with E-state index in [1.54, 1.807) is 6.07 Å². The first-order valence-electron chi connectivity index (χ1n) is 6.65. The maximum atomic E-state index is 9.46. The summed E-state index contributed by atoms with van der Waals surface area (Å²) in [5.74, 6) is 0.361. The highest BCUT2D eigenvalue weighted by atomic mass is 16.3. The van der Waals surface area contributed by atoms with Crippen molar-refractivity contribution in [3.05, 3.63) is 29.8 Å². The number of phenols is 1. The minimum Gasteiger partial charge on any atom is -0.508 e. The Morgan fingerprint density at radius 2 is 2.00 bits per heavy atom. The highest BCUT2D eigenvalue weighted by Crippen LogP contribution is 2.15. The van der Waals surface area contributed by atoms with Crippen LogP contribution >= 0.6 is 0 Å². The van der Waals surface area contributed by atoms with Gasteiger partial charge in [0.2, 0.25) is 0 Å². The van der Waals surface area contributed by atoms with Gasteiger partial charge in [0.1, 0.15) is 5.75 Å². The Kier molecular flexibility index (Phi) is 6.06. The van der Waals surface area contributed by atoms with Gasteiger partial charge in [-0.1, -0.05) is 31.9 Å².